The minimum atomic E-state index is -0.204. The summed E-state index contributed by atoms with van der Waals surface area (Å²) in [5, 5.41) is 12.7. The van der Waals surface area contributed by atoms with Gasteiger partial charge in [-0.15, -0.1) is 0 Å². The van der Waals surface area contributed by atoms with Crippen LogP contribution in [0.25, 0.3) is 0 Å². The summed E-state index contributed by atoms with van der Waals surface area (Å²) < 4.78 is 4.89. The van der Waals surface area contributed by atoms with E-state index in [1.165, 1.54) is 13.3 Å². The molecule has 1 aromatic rings. The van der Waals surface area contributed by atoms with Crippen molar-refractivity contribution in [2.24, 2.45) is 0 Å². The Labute approximate surface area is 92.5 Å². The Kier molecular flexibility index (Phi) is 2.93. The minimum absolute atomic E-state index is 0.204. The Bertz CT molecular complexity index is 355. The molecule has 0 amide bonds. The van der Waals surface area contributed by atoms with E-state index in [4.69, 9.17) is 21.4 Å². The van der Waals surface area contributed by atoms with Crippen molar-refractivity contribution < 1.29 is 9.84 Å². The number of nitrogens with zero attached hydrogens (tertiary/aromatic N) is 2. The van der Waals surface area contributed by atoms with Crippen molar-refractivity contribution in [2.75, 3.05) is 12.4 Å². The number of aliphatic hydroxyl groups is 1. The van der Waals surface area contributed by atoms with Crippen molar-refractivity contribution in [3.8, 4) is 6.01 Å². The molecule has 1 saturated carbocycles. The van der Waals surface area contributed by atoms with Gasteiger partial charge in [-0.25, -0.2) is 4.98 Å². The van der Waals surface area contributed by atoms with E-state index >= 15 is 0 Å². The molecule has 1 aromatic heterocycles. The first-order chi connectivity index (χ1) is 7.19. The summed E-state index contributed by atoms with van der Waals surface area (Å²) in [5.41, 5.74) is 0. The van der Waals surface area contributed by atoms with Crippen molar-refractivity contribution in [1.82, 2.24) is 9.97 Å². The number of ether oxygens (including phenoxy) is 1. The van der Waals surface area contributed by atoms with Gasteiger partial charge in [0.1, 0.15) is 5.02 Å². The van der Waals surface area contributed by atoms with Crippen LogP contribution >= 0.6 is 11.6 Å². The lowest BCUT2D eigenvalue weighted by atomic mass is 9.89. The van der Waals surface area contributed by atoms with Gasteiger partial charge in [-0.1, -0.05) is 11.6 Å². The SMILES string of the molecule is COc1ncc(Cl)c(NC2CC(O)C2)n1. The number of aromatic nitrogens is 2. The molecule has 2 N–H and O–H groups in total. The normalized spacial score (nSPS) is 24.5. The third kappa shape index (κ3) is 2.30. The molecule has 1 aliphatic carbocycles. The average Bonchev–Trinajstić information content (AvgIpc) is 2.19. The van der Waals surface area contributed by atoms with Gasteiger partial charge in [0.2, 0.25) is 0 Å². The van der Waals surface area contributed by atoms with Gasteiger partial charge in [0.15, 0.2) is 5.82 Å². The lowest BCUT2D eigenvalue weighted by molar-refractivity contribution is 0.0835. The van der Waals surface area contributed by atoms with E-state index < -0.39 is 0 Å². The molecule has 0 saturated heterocycles. The molecule has 1 fully saturated rings. The van der Waals surface area contributed by atoms with Gasteiger partial charge in [-0.3, -0.25) is 0 Å². The van der Waals surface area contributed by atoms with Crippen LogP contribution in [0, 0.1) is 0 Å². The van der Waals surface area contributed by atoms with Gasteiger partial charge in [-0.05, 0) is 12.8 Å². The van der Waals surface area contributed by atoms with Gasteiger partial charge in [0.05, 0.1) is 19.4 Å². The zero-order valence-electron chi connectivity index (χ0n) is 8.27. The fraction of sp³-hybridized carbons (Fsp3) is 0.556. The largest absolute Gasteiger partial charge is 0.467 e. The lowest BCUT2D eigenvalue weighted by Crippen LogP contribution is -2.39. The van der Waals surface area contributed by atoms with E-state index in [0.717, 1.165) is 12.8 Å². The number of anilines is 1. The number of nitrogens with one attached hydrogen (secondary N) is 1. The Balaban J connectivity index is 2.06. The molecule has 0 radical (unpaired) electrons. The number of hydrogen-bond acceptors (Lipinski definition) is 5. The Morgan fingerprint density at radius 3 is 2.93 bits per heavy atom. The summed E-state index contributed by atoms with van der Waals surface area (Å²) >= 11 is 5.91. The van der Waals surface area contributed by atoms with Crippen LogP contribution in [0.5, 0.6) is 6.01 Å². The van der Waals surface area contributed by atoms with Crippen LogP contribution in [-0.4, -0.2) is 34.3 Å². The van der Waals surface area contributed by atoms with Gasteiger partial charge >= 0.3 is 6.01 Å². The fourth-order valence-electron chi connectivity index (χ4n) is 1.45. The predicted octanol–water partition coefficient (Wildman–Crippen LogP) is 1.07. The Hall–Kier alpha value is -1.07. The molecular formula is C9H12ClN3O2. The maximum atomic E-state index is 9.14. The van der Waals surface area contributed by atoms with Crippen molar-refractivity contribution in [2.45, 2.75) is 25.0 Å². The van der Waals surface area contributed by atoms with E-state index in [9.17, 15) is 0 Å². The van der Waals surface area contributed by atoms with Crippen LogP contribution in [0.3, 0.4) is 0 Å². The summed E-state index contributed by atoms with van der Waals surface area (Å²) in [6, 6.07) is 0.513. The highest BCUT2D eigenvalue weighted by molar-refractivity contribution is 6.32. The van der Waals surface area contributed by atoms with Crippen LogP contribution in [0.1, 0.15) is 12.8 Å². The molecule has 0 spiro atoms. The Morgan fingerprint density at radius 2 is 2.33 bits per heavy atom. The highest BCUT2D eigenvalue weighted by atomic mass is 35.5. The van der Waals surface area contributed by atoms with E-state index in [1.807, 2.05) is 0 Å². The number of halogens is 1. The summed E-state index contributed by atoms with van der Waals surface area (Å²) in [6.45, 7) is 0. The fourth-order valence-corrected chi connectivity index (χ4v) is 1.60. The van der Waals surface area contributed by atoms with Crippen molar-refractivity contribution in [1.29, 1.82) is 0 Å². The molecule has 0 bridgehead atoms. The van der Waals surface area contributed by atoms with Gasteiger partial charge in [0.25, 0.3) is 0 Å². The number of methoxy groups -OCH3 is 1. The second kappa shape index (κ2) is 4.20. The summed E-state index contributed by atoms with van der Waals surface area (Å²) in [4.78, 5) is 7.95. The Morgan fingerprint density at radius 1 is 1.60 bits per heavy atom. The van der Waals surface area contributed by atoms with E-state index in [1.54, 1.807) is 0 Å². The van der Waals surface area contributed by atoms with E-state index in [0.29, 0.717) is 10.8 Å². The minimum Gasteiger partial charge on any atom is -0.467 e. The molecule has 15 heavy (non-hydrogen) atoms. The van der Waals surface area contributed by atoms with Crippen molar-refractivity contribution in [3.63, 3.8) is 0 Å². The topological polar surface area (TPSA) is 67.3 Å². The zero-order chi connectivity index (χ0) is 10.8. The number of rotatable bonds is 3. The zero-order valence-corrected chi connectivity index (χ0v) is 9.03. The smallest absolute Gasteiger partial charge is 0.318 e. The van der Waals surface area contributed by atoms with Crippen LogP contribution in [0.2, 0.25) is 5.02 Å². The van der Waals surface area contributed by atoms with Crippen LogP contribution < -0.4 is 10.1 Å². The maximum Gasteiger partial charge on any atom is 0.318 e. The van der Waals surface area contributed by atoms with Crippen molar-refractivity contribution >= 4 is 17.4 Å². The van der Waals surface area contributed by atoms with Crippen LogP contribution in [0.4, 0.5) is 5.82 Å². The quantitative estimate of drug-likeness (QED) is 0.812. The monoisotopic (exact) mass is 229 g/mol. The molecular weight excluding hydrogens is 218 g/mol. The van der Waals surface area contributed by atoms with Crippen molar-refractivity contribution in [3.05, 3.63) is 11.2 Å². The first-order valence-electron chi connectivity index (χ1n) is 4.70. The summed E-state index contributed by atoms with van der Waals surface area (Å²) in [5.74, 6) is 0.556. The summed E-state index contributed by atoms with van der Waals surface area (Å²) in [7, 11) is 1.50. The highest BCUT2D eigenvalue weighted by Gasteiger charge is 2.27. The maximum absolute atomic E-state index is 9.14. The van der Waals surface area contributed by atoms with Gasteiger partial charge in [-0.2, -0.15) is 4.98 Å². The highest BCUT2D eigenvalue weighted by Crippen LogP contribution is 2.27. The predicted molar refractivity (Wildman–Crippen MR) is 56.2 cm³/mol. The standard InChI is InChI=1S/C9H12ClN3O2/c1-15-9-11-4-7(10)8(13-9)12-5-2-6(14)3-5/h4-6,14H,2-3H2,1H3,(H,11,12,13). The van der Waals surface area contributed by atoms with Gasteiger partial charge in [0, 0.05) is 6.04 Å². The van der Waals surface area contributed by atoms with Crippen LogP contribution in [-0.2, 0) is 0 Å². The second-order valence-electron chi connectivity index (χ2n) is 3.52. The lowest BCUT2D eigenvalue weighted by Gasteiger charge is -2.32. The second-order valence-corrected chi connectivity index (χ2v) is 3.93. The molecule has 5 nitrogen and oxygen atoms in total. The average molecular weight is 230 g/mol. The first kappa shape index (κ1) is 10.4. The first-order valence-corrected chi connectivity index (χ1v) is 5.08. The molecule has 0 aliphatic heterocycles. The molecule has 1 heterocycles. The summed E-state index contributed by atoms with van der Waals surface area (Å²) in [6.07, 6.45) is 2.74. The molecule has 6 heteroatoms. The third-order valence-electron chi connectivity index (χ3n) is 2.36. The molecule has 82 valence electrons. The molecule has 0 aromatic carbocycles. The molecule has 2 rings (SSSR count). The van der Waals surface area contributed by atoms with Gasteiger partial charge < -0.3 is 15.2 Å². The van der Waals surface area contributed by atoms with E-state index in [-0.39, 0.29) is 18.2 Å². The number of hydrogen-bond donors (Lipinski definition) is 2. The van der Waals surface area contributed by atoms with Crippen LogP contribution in [0.15, 0.2) is 6.20 Å². The number of aliphatic hydroxyl groups excluding tert-OH is 1. The molecule has 0 atom stereocenters. The molecule has 0 unspecified atom stereocenters. The third-order valence-corrected chi connectivity index (χ3v) is 2.64. The van der Waals surface area contributed by atoms with E-state index in [2.05, 4.69) is 15.3 Å². The molecule has 1 aliphatic rings.